The van der Waals surface area contributed by atoms with Crippen molar-refractivity contribution < 1.29 is 16.9 Å². The molecule has 4 heteroatoms. The lowest BCUT2D eigenvalue weighted by Gasteiger charge is -2.35. The molecule has 0 N–H and O–H groups in total. The fourth-order valence-corrected chi connectivity index (χ4v) is 1.98. The maximum atomic E-state index is 2.29. The summed E-state index contributed by atoms with van der Waals surface area (Å²) in [6, 6.07) is 10.8. The van der Waals surface area contributed by atoms with Crippen molar-refractivity contribution in [3.05, 3.63) is 35.9 Å². The normalized spacial score (nSPS) is 9.59. The molecule has 0 aromatic heterocycles. The molecule has 0 saturated heterocycles. The van der Waals surface area contributed by atoms with Gasteiger partial charge in [0.15, 0.2) is 0 Å². The summed E-state index contributed by atoms with van der Waals surface area (Å²) in [5.74, 6) is 0. The summed E-state index contributed by atoms with van der Waals surface area (Å²) in [6.07, 6.45) is 0. The molecule has 0 bridgehead atoms. The lowest BCUT2D eigenvalue weighted by Crippen LogP contribution is -3.00. The highest BCUT2D eigenvalue weighted by molar-refractivity contribution is 5.85. The lowest BCUT2D eigenvalue weighted by atomic mass is 10.2. The van der Waals surface area contributed by atoms with E-state index in [1.807, 2.05) is 0 Å². The average Bonchev–Trinajstić information content (AvgIpc) is 2.28. The fourth-order valence-electron chi connectivity index (χ4n) is 1.98. The quantitative estimate of drug-likeness (QED) is 0.709. The Morgan fingerprint density at radius 2 is 1.24 bits per heavy atom. The molecule has 1 rings (SSSR count). The number of hydrogen-bond donors (Lipinski definition) is 0. The van der Waals surface area contributed by atoms with Crippen LogP contribution in [0.4, 0.5) is 0 Å². The second kappa shape index (κ2) is 11.2. The van der Waals surface area contributed by atoms with Crippen LogP contribution in [0.15, 0.2) is 30.3 Å². The predicted octanol–water partition coefficient (Wildman–Crippen LogP) is 0.911. The van der Waals surface area contributed by atoms with Crippen molar-refractivity contribution in [2.45, 2.75) is 27.3 Å². The molecule has 1 aromatic rings. The van der Waals surface area contributed by atoms with Gasteiger partial charge in [0, 0.05) is 5.56 Å². The Morgan fingerprint density at radius 1 is 0.824 bits per heavy atom. The first-order valence-corrected chi connectivity index (χ1v) is 5.65. The van der Waals surface area contributed by atoms with Gasteiger partial charge in [-0.05, 0) is 20.8 Å². The molecule has 0 aliphatic rings. The zero-order valence-corrected chi connectivity index (χ0v) is 13.2. The number of benzene rings is 1. The molecule has 1 aromatic carbocycles. The Morgan fingerprint density at radius 3 is 1.59 bits per heavy atom. The zero-order valence-electron chi connectivity index (χ0n) is 10.9. The number of rotatable bonds is 5. The van der Waals surface area contributed by atoms with E-state index in [4.69, 9.17) is 0 Å². The standard InChI is InChI=1S/C13H22N.3ClH/c1-4-14(5-2,6-3)12-13-10-8-7-9-11-13;;;/h7-11H,4-6,12H2,1-3H3;3*1H/q+1;;;/p-1. The summed E-state index contributed by atoms with van der Waals surface area (Å²) in [4.78, 5) is 0. The van der Waals surface area contributed by atoms with Crippen molar-refractivity contribution >= 4 is 24.8 Å². The Kier molecular flexibility index (Phi) is 14.6. The Hall–Kier alpha value is 0.0500. The third-order valence-corrected chi connectivity index (χ3v) is 3.37. The topological polar surface area (TPSA) is 0 Å². The smallest absolute Gasteiger partial charge is 0.104 e. The first kappa shape index (κ1) is 22.2. The van der Waals surface area contributed by atoms with E-state index in [2.05, 4.69) is 51.1 Å². The molecule has 0 aliphatic heterocycles. The third kappa shape index (κ3) is 6.52. The second-order valence-corrected chi connectivity index (χ2v) is 3.93. The highest BCUT2D eigenvalue weighted by atomic mass is 35.5. The largest absolute Gasteiger partial charge is 1.00 e. The van der Waals surface area contributed by atoms with Crippen molar-refractivity contribution in [3.63, 3.8) is 0 Å². The SMILES string of the molecule is CC[N+](CC)(CC)Cc1ccccc1.Cl.Cl.[Cl-]. The van der Waals surface area contributed by atoms with Gasteiger partial charge in [0.25, 0.3) is 0 Å². The van der Waals surface area contributed by atoms with Crippen molar-refractivity contribution in [2.75, 3.05) is 19.6 Å². The Balaban J connectivity index is -0.000000653. The van der Waals surface area contributed by atoms with E-state index in [1.54, 1.807) is 0 Å². The van der Waals surface area contributed by atoms with Gasteiger partial charge in [-0.25, -0.2) is 0 Å². The van der Waals surface area contributed by atoms with Gasteiger partial charge in [0.05, 0.1) is 19.6 Å². The third-order valence-electron chi connectivity index (χ3n) is 3.37. The predicted molar refractivity (Wildman–Crippen MR) is 76.5 cm³/mol. The van der Waals surface area contributed by atoms with E-state index in [0.29, 0.717) is 0 Å². The molecule has 0 unspecified atom stereocenters. The maximum absolute atomic E-state index is 2.29. The van der Waals surface area contributed by atoms with Gasteiger partial charge in [-0.15, -0.1) is 24.8 Å². The first-order chi connectivity index (χ1) is 6.76. The molecule has 0 radical (unpaired) electrons. The molecular weight excluding hydrogens is 277 g/mol. The summed E-state index contributed by atoms with van der Waals surface area (Å²) in [6.45, 7) is 11.7. The monoisotopic (exact) mass is 299 g/mol. The van der Waals surface area contributed by atoms with Crippen LogP contribution >= 0.6 is 24.8 Å². The van der Waals surface area contributed by atoms with E-state index in [0.717, 1.165) is 0 Å². The van der Waals surface area contributed by atoms with Crippen molar-refractivity contribution in [3.8, 4) is 0 Å². The molecule has 102 valence electrons. The molecule has 0 heterocycles. The van der Waals surface area contributed by atoms with Crippen LogP contribution in [0.3, 0.4) is 0 Å². The molecule has 0 atom stereocenters. The molecule has 0 spiro atoms. The van der Waals surface area contributed by atoms with Gasteiger partial charge in [0.1, 0.15) is 6.54 Å². The lowest BCUT2D eigenvalue weighted by molar-refractivity contribution is -0.936. The second-order valence-electron chi connectivity index (χ2n) is 3.93. The molecule has 0 aliphatic carbocycles. The van der Waals surface area contributed by atoms with E-state index < -0.39 is 0 Å². The molecule has 1 nitrogen and oxygen atoms in total. The van der Waals surface area contributed by atoms with Crippen LogP contribution in [0.1, 0.15) is 26.3 Å². The summed E-state index contributed by atoms with van der Waals surface area (Å²) < 4.78 is 1.20. The van der Waals surface area contributed by atoms with Crippen LogP contribution < -0.4 is 12.4 Å². The van der Waals surface area contributed by atoms with Crippen molar-refractivity contribution in [1.29, 1.82) is 0 Å². The highest BCUT2D eigenvalue weighted by Crippen LogP contribution is 2.13. The van der Waals surface area contributed by atoms with Gasteiger partial charge in [-0.3, -0.25) is 0 Å². The van der Waals surface area contributed by atoms with Gasteiger partial charge in [-0.2, -0.15) is 0 Å². The van der Waals surface area contributed by atoms with E-state index in [1.165, 1.54) is 36.2 Å². The van der Waals surface area contributed by atoms with Gasteiger partial charge >= 0.3 is 0 Å². The van der Waals surface area contributed by atoms with Crippen LogP contribution in [0.2, 0.25) is 0 Å². The Labute approximate surface area is 124 Å². The first-order valence-electron chi connectivity index (χ1n) is 5.65. The van der Waals surface area contributed by atoms with Crippen LogP contribution in [0, 0.1) is 0 Å². The minimum atomic E-state index is 0. The molecule has 0 amide bonds. The number of halogens is 3. The summed E-state index contributed by atoms with van der Waals surface area (Å²) in [7, 11) is 0. The van der Waals surface area contributed by atoms with Crippen LogP contribution in [-0.2, 0) is 6.54 Å². The molecule has 0 saturated carbocycles. The average molecular weight is 301 g/mol. The van der Waals surface area contributed by atoms with Gasteiger partial charge < -0.3 is 16.9 Å². The number of quaternary nitrogens is 1. The van der Waals surface area contributed by atoms with Crippen LogP contribution in [0.5, 0.6) is 0 Å². The van der Waals surface area contributed by atoms with Gasteiger partial charge in [0.2, 0.25) is 0 Å². The number of nitrogens with zero attached hydrogens (tertiary/aromatic N) is 1. The minimum absolute atomic E-state index is 0. The number of hydrogen-bond acceptors (Lipinski definition) is 0. The summed E-state index contributed by atoms with van der Waals surface area (Å²) >= 11 is 0. The maximum Gasteiger partial charge on any atom is 0.104 e. The summed E-state index contributed by atoms with van der Waals surface area (Å²) in [5, 5.41) is 0. The molecular formula is C13H24Cl3N. The fraction of sp³-hybridized carbons (Fsp3) is 0.538. The van der Waals surface area contributed by atoms with Crippen molar-refractivity contribution in [1.82, 2.24) is 0 Å². The van der Waals surface area contributed by atoms with Crippen molar-refractivity contribution in [2.24, 2.45) is 0 Å². The summed E-state index contributed by atoms with van der Waals surface area (Å²) in [5.41, 5.74) is 1.46. The highest BCUT2D eigenvalue weighted by Gasteiger charge is 2.20. The minimum Gasteiger partial charge on any atom is -1.00 e. The van der Waals surface area contributed by atoms with E-state index in [9.17, 15) is 0 Å². The van der Waals surface area contributed by atoms with Gasteiger partial charge in [-0.1, -0.05) is 30.3 Å². The van der Waals surface area contributed by atoms with E-state index in [-0.39, 0.29) is 37.2 Å². The Bertz CT molecular complexity index is 252. The molecule has 0 fully saturated rings. The zero-order chi connectivity index (χ0) is 10.4. The van der Waals surface area contributed by atoms with E-state index >= 15 is 0 Å². The molecule has 17 heavy (non-hydrogen) atoms. The van der Waals surface area contributed by atoms with Crippen LogP contribution in [0.25, 0.3) is 0 Å². The van der Waals surface area contributed by atoms with Crippen LogP contribution in [-0.4, -0.2) is 24.1 Å².